The van der Waals surface area contributed by atoms with Crippen LogP contribution in [0.5, 0.6) is 0 Å². The van der Waals surface area contributed by atoms with E-state index < -0.39 is 8.80 Å². The van der Waals surface area contributed by atoms with E-state index >= 15 is 0 Å². The van der Waals surface area contributed by atoms with Crippen LogP contribution in [0.2, 0.25) is 0 Å². The van der Waals surface area contributed by atoms with E-state index in [0.717, 1.165) is 10.7 Å². The third kappa shape index (κ3) is 3.29. The van der Waals surface area contributed by atoms with Gasteiger partial charge in [0.2, 0.25) is 0 Å². The maximum atomic E-state index is 5.59. The summed E-state index contributed by atoms with van der Waals surface area (Å²) in [4.78, 5) is 0. The van der Waals surface area contributed by atoms with E-state index in [1.54, 1.807) is 21.3 Å². The van der Waals surface area contributed by atoms with Crippen molar-refractivity contribution in [1.82, 2.24) is 0 Å². The second kappa shape index (κ2) is 6.29. The molecule has 1 saturated heterocycles. The van der Waals surface area contributed by atoms with E-state index in [4.69, 9.17) is 13.3 Å². The number of hydrogen-bond acceptors (Lipinski definition) is 3. The maximum absolute atomic E-state index is 5.59. The van der Waals surface area contributed by atoms with E-state index in [1.807, 2.05) is 0 Å². The number of likely N-dealkylation sites (tertiary alicyclic amines) is 1. The predicted molar refractivity (Wildman–Crippen MR) is 70.6 cm³/mol. The van der Waals surface area contributed by atoms with Crippen LogP contribution in [0.4, 0.5) is 0 Å². The highest BCUT2D eigenvalue weighted by molar-refractivity contribution is 6.60. The smallest absolute Gasteiger partial charge is 0.374 e. The number of piperidine rings is 1. The normalized spacial score (nSPS) is 20.8. The van der Waals surface area contributed by atoms with Gasteiger partial charge in [0.25, 0.3) is 0 Å². The van der Waals surface area contributed by atoms with Gasteiger partial charge in [-0.1, -0.05) is 0 Å². The summed E-state index contributed by atoms with van der Waals surface area (Å²) in [5, 5.41) is 0. The van der Waals surface area contributed by atoms with E-state index in [-0.39, 0.29) is 0 Å². The molecule has 0 aliphatic carbocycles. The first-order valence-corrected chi connectivity index (χ1v) is 8.48. The quantitative estimate of drug-likeness (QED) is 0.540. The van der Waals surface area contributed by atoms with Gasteiger partial charge < -0.3 is 17.8 Å². The zero-order chi connectivity index (χ0) is 12.9. The Kier molecular flexibility index (Phi) is 5.59. The molecule has 17 heavy (non-hydrogen) atoms. The Balaban J connectivity index is 2.84. The van der Waals surface area contributed by atoms with Crippen molar-refractivity contribution in [1.29, 1.82) is 0 Å². The number of quaternary nitrogens is 1. The number of rotatable bonds is 6. The SMILES string of the molecule is CO[Si](C[N+]1(C(C)C)CCCCC1)(OC)OC. The van der Waals surface area contributed by atoms with Crippen LogP contribution in [0.3, 0.4) is 0 Å². The van der Waals surface area contributed by atoms with E-state index in [2.05, 4.69) is 13.8 Å². The Morgan fingerprint density at radius 1 is 0.941 bits per heavy atom. The summed E-state index contributed by atoms with van der Waals surface area (Å²) in [6, 6.07) is 0.600. The van der Waals surface area contributed by atoms with Crippen molar-refractivity contribution in [2.45, 2.75) is 39.2 Å². The molecule has 0 bridgehead atoms. The summed E-state index contributed by atoms with van der Waals surface area (Å²) >= 11 is 0. The average molecular weight is 262 g/mol. The molecule has 0 aromatic rings. The van der Waals surface area contributed by atoms with Crippen LogP contribution in [-0.4, -0.2) is 59.9 Å². The number of hydrogen-bond donors (Lipinski definition) is 0. The molecule has 1 fully saturated rings. The highest BCUT2D eigenvalue weighted by atomic mass is 28.4. The lowest BCUT2D eigenvalue weighted by atomic mass is 10.1. The van der Waals surface area contributed by atoms with Crippen molar-refractivity contribution < 1.29 is 17.8 Å². The van der Waals surface area contributed by atoms with Gasteiger partial charge in [-0.05, 0) is 33.1 Å². The van der Waals surface area contributed by atoms with Gasteiger partial charge in [0, 0.05) is 21.3 Å². The largest absolute Gasteiger partial charge is 0.558 e. The van der Waals surface area contributed by atoms with Gasteiger partial charge in [0.05, 0.1) is 19.1 Å². The van der Waals surface area contributed by atoms with Crippen LogP contribution in [0.1, 0.15) is 33.1 Å². The third-order valence-electron chi connectivity index (χ3n) is 4.24. The highest BCUT2D eigenvalue weighted by Gasteiger charge is 2.50. The Bertz CT molecular complexity index is 218. The second-order valence-corrected chi connectivity index (χ2v) is 8.18. The molecule has 0 N–H and O–H groups in total. The Hall–Kier alpha value is 0.0569. The summed E-state index contributed by atoms with van der Waals surface area (Å²) in [6.07, 6.45) is 4.86. The van der Waals surface area contributed by atoms with Crippen LogP contribution in [-0.2, 0) is 13.3 Å². The minimum atomic E-state index is -2.47. The van der Waals surface area contributed by atoms with Crippen LogP contribution in [0.25, 0.3) is 0 Å². The van der Waals surface area contributed by atoms with Crippen LogP contribution in [0.15, 0.2) is 0 Å². The molecule has 102 valence electrons. The Morgan fingerprint density at radius 3 is 1.76 bits per heavy atom. The molecule has 0 radical (unpaired) electrons. The molecule has 5 heteroatoms. The minimum absolute atomic E-state index is 0.600. The second-order valence-electron chi connectivity index (χ2n) is 5.27. The van der Waals surface area contributed by atoms with Gasteiger partial charge in [-0.25, -0.2) is 0 Å². The van der Waals surface area contributed by atoms with Gasteiger partial charge in [-0.2, -0.15) is 0 Å². The van der Waals surface area contributed by atoms with Crippen molar-refractivity contribution in [3.63, 3.8) is 0 Å². The van der Waals surface area contributed by atoms with E-state index in [0.29, 0.717) is 6.04 Å². The van der Waals surface area contributed by atoms with Gasteiger partial charge in [0.15, 0.2) is 0 Å². The summed E-state index contributed by atoms with van der Waals surface area (Å²) in [5.74, 6) is 0. The molecule has 0 aromatic carbocycles. The van der Waals surface area contributed by atoms with Crippen molar-refractivity contribution in [2.75, 3.05) is 40.6 Å². The predicted octanol–water partition coefficient (Wildman–Crippen LogP) is 1.81. The van der Waals surface area contributed by atoms with Gasteiger partial charge in [-0.3, -0.25) is 0 Å². The zero-order valence-corrected chi connectivity index (χ0v) is 13.0. The first-order chi connectivity index (χ1) is 8.04. The standard InChI is InChI=1S/C12H28NO3Si/c1-12(2)13(9-7-6-8-10-13)11-17(14-3,15-4)16-5/h12H,6-11H2,1-5H3/q+1. The Morgan fingerprint density at radius 2 is 1.41 bits per heavy atom. The number of nitrogens with zero attached hydrogens (tertiary/aromatic N) is 1. The Labute approximate surface area is 107 Å². The minimum Gasteiger partial charge on any atom is -0.374 e. The fourth-order valence-electron chi connectivity index (χ4n) is 2.83. The molecule has 1 heterocycles. The molecular weight excluding hydrogens is 234 g/mol. The van der Waals surface area contributed by atoms with Crippen molar-refractivity contribution in [2.24, 2.45) is 0 Å². The average Bonchev–Trinajstić information content (AvgIpc) is 2.37. The topological polar surface area (TPSA) is 27.7 Å². The lowest BCUT2D eigenvalue weighted by Gasteiger charge is -2.47. The van der Waals surface area contributed by atoms with Gasteiger partial charge >= 0.3 is 8.80 Å². The summed E-state index contributed by atoms with van der Waals surface area (Å²) in [6.45, 7) is 7.04. The fraction of sp³-hybridized carbons (Fsp3) is 1.00. The molecule has 1 aliphatic rings. The molecule has 0 atom stereocenters. The van der Waals surface area contributed by atoms with Gasteiger partial charge in [0.1, 0.15) is 6.17 Å². The lowest BCUT2D eigenvalue weighted by molar-refractivity contribution is -0.945. The maximum Gasteiger partial charge on any atom is 0.558 e. The molecule has 1 rings (SSSR count). The van der Waals surface area contributed by atoms with E-state index in [9.17, 15) is 0 Å². The molecule has 4 nitrogen and oxygen atoms in total. The monoisotopic (exact) mass is 262 g/mol. The van der Waals surface area contributed by atoms with Gasteiger partial charge in [-0.15, -0.1) is 0 Å². The first-order valence-electron chi connectivity index (χ1n) is 6.55. The first kappa shape index (κ1) is 15.1. The molecule has 1 aliphatic heterocycles. The van der Waals surface area contributed by atoms with Crippen LogP contribution >= 0.6 is 0 Å². The van der Waals surface area contributed by atoms with Crippen molar-refractivity contribution in [3.8, 4) is 0 Å². The fourth-order valence-corrected chi connectivity index (χ4v) is 5.17. The zero-order valence-electron chi connectivity index (χ0n) is 12.0. The molecule has 0 saturated carbocycles. The van der Waals surface area contributed by atoms with Crippen molar-refractivity contribution >= 4 is 8.80 Å². The summed E-state index contributed by atoms with van der Waals surface area (Å²) < 4.78 is 17.9. The van der Waals surface area contributed by atoms with Crippen LogP contribution < -0.4 is 0 Å². The van der Waals surface area contributed by atoms with E-state index in [1.165, 1.54) is 32.4 Å². The summed E-state index contributed by atoms with van der Waals surface area (Å²) in [5.41, 5.74) is 0. The third-order valence-corrected chi connectivity index (χ3v) is 7.13. The molecular formula is C12H28NO3Si+. The molecule has 0 amide bonds. The van der Waals surface area contributed by atoms with Crippen LogP contribution in [0, 0.1) is 0 Å². The highest BCUT2D eigenvalue weighted by Crippen LogP contribution is 2.26. The molecule has 0 spiro atoms. The lowest BCUT2D eigenvalue weighted by Crippen LogP contribution is -2.66. The molecule has 0 unspecified atom stereocenters. The van der Waals surface area contributed by atoms with Crippen molar-refractivity contribution in [3.05, 3.63) is 0 Å². The summed E-state index contributed by atoms with van der Waals surface area (Å²) in [7, 11) is 2.66. The molecule has 0 aromatic heterocycles.